The predicted octanol–water partition coefficient (Wildman–Crippen LogP) is 0.431. The second-order valence-electron chi connectivity index (χ2n) is 4.20. The molecular weight excluding hydrogens is 221 g/mol. The van der Waals surface area contributed by atoms with Gasteiger partial charge in [-0.05, 0) is 25.2 Å². The predicted molar refractivity (Wildman–Crippen MR) is 64.2 cm³/mol. The first kappa shape index (κ1) is 12.0. The van der Waals surface area contributed by atoms with E-state index < -0.39 is 0 Å². The Labute approximate surface area is 99.8 Å². The zero-order valence-corrected chi connectivity index (χ0v) is 9.77. The number of carbonyl (C=O) groups excluding carboxylic acids is 1. The molecule has 17 heavy (non-hydrogen) atoms. The van der Waals surface area contributed by atoms with Crippen LogP contribution in [0.4, 0.5) is 10.1 Å². The summed E-state index contributed by atoms with van der Waals surface area (Å²) in [5.41, 5.74) is 6.19. The van der Waals surface area contributed by atoms with E-state index in [2.05, 4.69) is 0 Å². The van der Waals surface area contributed by atoms with E-state index >= 15 is 0 Å². The van der Waals surface area contributed by atoms with Gasteiger partial charge in [-0.3, -0.25) is 9.69 Å². The van der Waals surface area contributed by atoms with E-state index in [0.717, 1.165) is 6.54 Å². The van der Waals surface area contributed by atoms with Gasteiger partial charge in [-0.2, -0.15) is 0 Å². The fraction of sp³-hybridized carbons (Fsp3) is 0.417. The Balaban J connectivity index is 2.25. The van der Waals surface area contributed by atoms with Crippen molar-refractivity contribution in [2.24, 2.45) is 5.73 Å². The number of hydrogen-bond donors (Lipinski definition) is 1. The molecule has 2 N–H and O–H groups in total. The van der Waals surface area contributed by atoms with Crippen molar-refractivity contribution in [1.29, 1.82) is 0 Å². The first-order chi connectivity index (χ1) is 8.13. The molecule has 0 spiro atoms. The number of anilines is 1. The molecule has 1 aliphatic rings. The summed E-state index contributed by atoms with van der Waals surface area (Å²) in [7, 11) is 1.87. The third-order valence-electron chi connectivity index (χ3n) is 3.10. The Morgan fingerprint density at radius 3 is 2.88 bits per heavy atom. The van der Waals surface area contributed by atoms with Gasteiger partial charge in [0.15, 0.2) is 0 Å². The number of carbonyl (C=O) groups is 1. The topological polar surface area (TPSA) is 49.6 Å². The third-order valence-corrected chi connectivity index (χ3v) is 3.10. The molecule has 1 heterocycles. The molecule has 2 rings (SSSR count). The van der Waals surface area contributed by atoms with Crippen molar-refractivity contribution in [3.8, 4) is 0 Å². The monoisotopic (exact) mass is 237 g/mol. The molecule has 1 aromatic carbocycles. The van der Waals surface area contributed by atoms with E-state index in [-0.39, 0.29) is 24.3 Å². The van der Waals surface area contributed by atoms with E-state index in [0.29, 0.717) is 12.2 Å². The van der Waals surface area contributed by atoms with Gasteiger partial charge in [0.25, 0.3) is 0 Å². The number of rotatable bonds is 2. The second-order valence-corrected chi connectivity index (χ2v) is 4.20. The van der Waals surface area contributed by atoms with Gasteiger partial charge < -0.3 is 10.6 Å². The van der Waals surface area contributed by atoms with Gasteiger partial charge in [0.1, 0.15) is 11.9 Å². The lowest BCUT2D eigenvalue weighted by Crippen LogP contribution is -2.58. The zero-order chi connectivity index (χ0) is 12.4. The van der Waals surface area contributed by atoms with Crippen molar-refractivity contribution >= 4 is 11.6 Å². The highest BCUT2D eigenvalue weighted by Crippen LogP contribution is 2.20. The van der Waals surface area contributed by atoms with E-state index in [1.165, 1.54) is 12.1 Å². The molecule has 0 radical (unpaired) electrons. The van der Waals surface area contributed by atoms with Crippen molar-refractivity contribution in [3.63, 3.8) is 0 Å². The number of nitrogens with two attached hydrogens (primary N) is 1. The third kappa shape index (κ3) is 2.30. The van der Waals surface area contributed by atoms with Crippen molar-refractivity contribution < 1.29 is 9.18 Å². The molecule has 4 nitrogen and oxygen atoms in total. The Kier molecular flexibility index (Phi) is 3.40. The smallest absolute Gasteiger partial charge is 0.245 e. The quantitative estimate of drug-likeness (QED) is 0.811. The van der Waals surface area contributed by atoms with Crippen LogP contribution in [-0.4, -0.2) is 43.5 Å². The van der Waals surface area contributed by atoms with E-state index in [1.54, 1.807) is 17.0 Å². The van der Waals surface area contributed by atoms with Crippen LogP contribution in [0.5, 0.6) is 0 Å². The van der Waals surface area contributed by atoms with E-state index in [9.17, 15) is 9.18 Å². The first-order valence-corrected chi connectivity index (χ1v) is 5.60. The normalized spacial score (nSPS) is 21.9. The lowest BCUT2D eigenvalue weighted by Gasteiger charge is -2.38. The van der Waals surface area contributed by atoms with Gasteiger partial charge in [0, 0.05) is 25.3 Å². The standard InChI is InChI=1S/C12H16FN3O/c1-15-5-6-16(12(17)11(15)8-14)10-4-2-3-9(13)7-10/h2-4,7,11H,5-6,8,14H2,1H3. The number of nitrogens with zero attached hydrogens (tertiary/aromatic N) is 2. The maximum absolute atomic E-state index is 13.1. The summed E-state index contributed by atoms with van der Waals surface area (Å²) in [5, 5.41) is 0. The molecule has 1 saturated heterocycles. The van der Waals surface area contributed by atoms with Crippen LogP contribution in [-0.2, 0) is 4.79 Å². The molecule has 1 aromatic rings. The average Bonchev–Trinajstić information content (AvgIpc) is 2.29. The molecule has 0 bridgehead atoms. The van der Waals surface area contributed by atoms with Gasteiger partial charge in [-0.25, -0.2) is 4.39 Å². The molecular formula is C12H16FN3O. The zero-order valence-electron chi connectivity index (χ0n) is 9.77. The highest BCUT2D eigenvalue weighted by Gasteiger charge is 2.32. The molecule has 5 heteroatoms. The van der Waals surface area contributed by atoms with Crippen LogP contribution in [0.2, 0.25) is 0 Å². The Bertz CT molecular complexity index is 424. The van der Waals surface area contributed by atoms with Crippen molar-refractivity contribution in [2.75, 3.05) is 31.6 Å². The number of hydrogen-bond acceptors (Lipinski definition) is 3. The lowest BCUT2D eigenvalue weighted by molar-refractivity contribution is -0.124. The largest absolute Gasteiger partial charge is 0.328 e. The Morgan fingerprint density at radius 2 is 2.24 bits per heavy atom. The van der Waals surface area contributed by atoms with Gasteiger partial charge in [-0.1, -0.05) is 6.07 Å². The number of benzene rings is 1. The maximum atomic E-state index is 13.1. The maximum Gasteiger partial charge on any atom is 0.245 e. The minimum atomic E-state index is -0.335. The number of likely N-dealkylation sites (N-methyl/N-ethyl adjacent to an activating group) is 1. The minimum Gasteiger partial charge on any atom is -0.328 e. The molecule has 1 aliphatic heterocycles. The SMILES string of the molecule is CN1CCN(c2cccc(F)c2)C(=O)C1CN. The second kappa shape index (κ2) is 4.81. The minimum absolute atomic E-state index is 0.0631. The van der Waals surface area contributed by atoms with Gasteiger partial charge in [0.2, 0.25) is 5.91 Å². The summed E-state index contributed by atoms with van der Waals surface area (Å²) >= 11 is 0. The van der Waals surface area contributed by atoms with Crippen LogP contribution >= 0.6 is 0 Å². The molecule has 92 valence electrons. The number of halogens is 1. The van der Waals surface area contributed by atoms with E-state index in [1.807, 2.05) is 11.9 Å². The fourth-order valence-electron chi connectivity index (χ4n) is 2.07. The van der Waals surface area contributed by atoms with Crippen molar-refractivity contribution in [2.45, 2.75) is 6.04 Å². The van der Waals surface area contributed by atoms with Crippen LogP contribution in [0.3, 0.4) is 0 Å². The molecule has 1 amide bonds. The summed E-state index contributed by atoms with van der Waals surface area (Å²) < 4.78 is 13.1. The van der Waals surface area contributed by atoms with Crippen molar-refractivity contribution in [3.05, 3.63) is 30.1 Å². The van der Waals surface area contributed by atoms with Crippen molar-refractivity contribution in [1.82, 2.24) is 4.90 Å². The van der Waals surface area contributed by atoms with Crippen LogP contribution in [0.1, 0.15) is 0 Å². The average molecular weight is 237 g/mol. The lowest BCUT2D eigenvalue weighted by atomic mass is 10.1. The first-order valence-electron chi connectivity index (χ1n) is 5.60. The van der Waals surface area contributed by atoms with Crippen LogP contribution in [0.15, 0.2) is 24.3 Å². The van der Waals surface area contributed by atoms with Gasteiger partial charge >= 0.3 is 0 Å². The summed E-state index contributed by atoms with van der Waals surface area (Å²) in [6, 6.07) is 5.77. The summed E-state index contributed by atoms with van der Waals surface area (Å²) in [6.45, 7) is 1.58. The molecule has 1 fully saturated rings. The summed E-state index contributed by atoms with van der Waals surface area (Å²) in [6.07, 6.45) is 0. The fourth-order valence-corrected chi connectivity index (χ4v) is 2.07. The van der Waals surface area contributed by atoms with Crippen LogP contribution in [0.25, 0.3) is 0 Å². The van der Waals surface area contributed by atoms with E-state index in [4.69, 9.17) is 5.73 Å². The van der Waals surface area contributed by atoms with Crippen LogP contribution < -0.4 is 10.6 Å². The molecule has 1 unspecified atom stereocenters. The Morgan fingerprint density at radius 1 is 1.47 bits per heavy atom. The highest BCUT2D eigenvalue weighted by atomic mass is 19.1. The molecule has 0 aromatic heterocycles. The van der Waals surface area contributed by atoms with Gasteiger partial charge in [0.05, 0.1) is 0 Å². The molecule has 1 atom stereocenters. The summed E-state index contributed by atoms with van der Waals surface area (Å²) in [5.74, 6) is -0.398. The van der Waals surface area contributed by atoms with Gasteiger partial charge in [-0.15, -0.1) is 0 Å². The Hall–Kier alpha value is -1.46. The number of amides is 1. The number of piperazine rings is 1. The molecule has 0 aliphatic carbocycles. The highest BCUT2D eigenvalue weighted by molar-refractivity contribution is 5.98. The molecule has 0 saturated carbocycles. The summed E-state index contributed by atoms with van der Waals surface area (Å²) in [4.78, 5) is 15.7. The van der Waals surface area contributed by atoms with Crippen LogP contribution in [0, 0.1) is 5.82 Å².